The highest BCUT2D eigenvalue weighted by atomic mass is 16.3. The van der Waals surface area contributed by atoms with Crippen LogP contribution < -0.4 is 0 Å². The predicted octanol–water partition coefficient (Wildman–Crippen LogP) is 0.974. The smallest absolute Gasteiger partial charge is 0.159 e. The summed E-state index contributed by atoms with van der Waals surface area (Å²) in [5.74, 6) is -0.0879. The number of aryl methyl sites for hydroxylation is 1. The molecule has 1 aromatic rings. The Morgan fingerprint density at radius 1 is 1.35 bits per heavy atom. The quantitative estimate of drug-likeness (QED) is 0.668. The molecule has 0 aliphatic carbocycles. The van der Waals surface area contributed by atoms with Crippen molar-refractivity contribution in [3.05, 3.63) is 34.9 Å². The van der Waals surface area contributed by atoms with Crippen molar-refractivity contribution in [3.63, 3.8) is 0 Å². The monoisotopic (exact) mass is 238 g/mol. The normalized spacial score (nSPS) is 14.4. The van der Waals surface area contributed by atoms with Crippen molar-refractivity contribution < 1.29 is 20.1 Å². The zero-order valence-electron chi connectivity index (χ0n) is 10.1. The molecule has 4 nitrogen and oxygen atoms in total. The average Bonchev–Trinajstić information content (AvgIpc) is 2.28. The number of aliphatic hydroxyl groups excluding tert-OH is 3. The third-order valence-electron chi connectivity index (χ3n) is 2.79. The molecule has 0 saturated heterocycles. The lowest BCUT2D eigenvalue weighted by Gasteiger charge is -2.19. The number of aliphatic hydroxyl groups is 3. The summed E-state index contributed by atoms with van der Waals surface area (Å²) in [4.78, 5) is 11.2. The van der Waals surface area contributed by atoms with Crippen molar-refractivity contribution in [2.45, 2.75) is 32.5 Å². The van der Waals surface area contributed by atoms with E-state index in [1.807, 2.05) is 0 Å². The van der Waals surface area contributed by atoms with Crippen molar-refractivity contribution in [1.29, 1.82) is 0 Å². The van der Waals surface area contributed by atoms with Gasteiger partial charge in [-0.1, -0.05) is 12.1 Å². The molecule has 0 aliphatic heterocycles. The molecule has 94 valence electrons. The van der Waals surface area contributed by atoms with Crippen LogP contribution in [0.1, 0.15) is 40.9 Å². The van der Waals surface area contributed by atoms with Gasteiger partial charge in [0, 0.05) is 12.2 Å². The summed E-state index contributed by atoms with van der Waals surface area (Å²) in [6.45, 7) is 3.06. The Kier molecular flexibility index (Phi) is 4.81. The van der Waals surface area contributed by atoms with Gasteiger partial charge in [-0.15, -0.1) is 0 Å². The maximum absolute atomic E-state index is 11.2. The van der Waals surface area contributed by atoms with Gasteiger partial charge in [-0.25, -0.2) is 0 Å². The molecular weight excluding hydrogens is 220 g/mol. The van der Waals surface area contributed by atoms with Crippen molar-refractivity contribution in [2.75, 3.05) is 6.61 Å². The molecule has 0 aromatic heterocycles. The Morgan fingerprint density at radius 3 is 2.53 bits per heavy atom. The standard InChI is InChI=1S/C13H18O4/c1-8-3-4-10(9(2)15)7-11(8)13(17)12(16)5-6-14/h3-4,7,12-14,16-17H,5-6H2,1-2H3. The van der Waals surface area contributed by atoms with Gasteiger partial charge >= 0.3 is 0 Å². The van der Waals surface area contributed by atoms with E-state index < -0.39 is 12.2 Å². The van der Waals surface area contributed by atoms with E-state index in [-0.39, 0.29) is 18.8 Å². The minimum Gasteiger partial charge on any atom is -0.396 e. The van der Waals surface area contributed by atoms with Crippen molar-refractivity contribution in [3.8, 4) is 0 Å². The molecule has 0 bridgehead atoms. The molecule has 0 saturated carbocycles. The van der Waals surface area contributed by atoms with Crippen LogP contribution in [0.25, 0.3) is 0 Å². The summed E-state index contributed by atoms with van der Waals surface area (Å²) in [6.07, 6.45) is -2.01. The number of Topliss-reactive ketones (excluding diaryl/α,β-unsaturated/α-hetero) is 1. The molecule has 3 N–H and O–H groups in total. The first-order chi connectivity index (χ1) is 7.97. The van der Waals surface area contributed by atoms with Gasteiger partial charge in [0.2, 0.25) is 0 Å². The lowest BCUT2D eigenvalue weighted by Crippen LogP contribution is -2.20. The highest BCUT2D eigenvalue weighted by Crippen LogP contribution is 2.23. The average molecular weight is 238 g/mol. The van der Waals surface area contributed by atoms with E-state index in [2.05, 4.69) is 0 Å². The zero-order valence-corrected chi connectivity index (χ0v) is 10.1. The van der Waals surface area contributed by atoms with Crippen LogP contribution >= 0.6 is 0 Å². The zero-order chi connectivity index (χ0) is 13.0. The second kappa shape index (κ2) is 5.91. The first kappa shape index (κ1) is 13.8. The molecule has 0 fully saturated rings. The van der Waals surface area contributed by atoms with E-state index in [0.29, 0.717) is 11.1 Å². The fourth-order valence-electron chi connectivity index (χ4n) is 1.68. The third kappa shape index (κ3) is 3.36. The van der Waals surface area contributed by atoms with Gasteiger partial charge in [0.25, 0.3) is 0 Å². The van der Waals surface area contributed by atoms with Crippen LogP contribution in [0.5, 0.6) is 0 Å². The number of carbonyl (C=O) groups excluding carboxylic acids is 1. The highest BCUT2D eigenvalue weighted by molar-refractivity contribution is 5.94. The van der Waals surface area contributed by atoms with Crippen LogP contribution in [0.4, 0.5) is 0 Å². The summed E-state index contributed by atoms with van der Waals surface area (Å²) in [5, 5.41) is 28.3. The van der Waals surface area contributed by atoms with Crippen LogP contribution in [0.2, 0.25) is 0 Å². The van der Waals surface area contributed by atoms with Crippen LogP contribution in [0, 0.1) is 6.92 Å². The van der Waals surface area contributed by atoms with Crippen molar-refractivity contribution in [1.82, 2.24) is 0 Å². The first-order valence-corrected chi connectivity index (χ1v) is 5.56. The van der Waals surface area contributed by atoms with E-state index in [0.717, 1.165) is 5.56 Å². The molecule has 1 aromatic carbocycles. The van der Waals surface area contributed by atoms with Crippen LogP contribution in [-0.4, -0.2) is 33.8 Å². The Bertz CT molecular complexity index is 400. The Balaban J connectivity index is 3.03. The summed E-state index contributed by atoms with van der Waals surface area (Å²) in [6, 6.07) is 5.01. The van der Waals surface area contributed by atoms with Crippen molar-refractivity contribution >= 4 is 5.78 Å². The van der Waals surface area contributed by atoms with Gasteiger partial charge in [0.1, 0.15) is 6.10 Å². The molecule has 0 radical (unpaired) electrons. The van der Waals surface area contributed by atoms with Crippen LogP contribution in [-0.2, 0) is 0 Å². The topological polar surface area (TPSA) is 77.8 Å². The Morgan fingerprint density at radius 2 is 2.00 bits per heavy atom. The Labute approximate surface area is 101 Å². The lowest BCUT2D eigenvalue weighted by molar-refractivity contribution is 0.00385. The van der Waals surface area contributed by atoms with Gasteiger partial charge in [-0.3, -0.25) is 4.79 Å². The van der Waals surface area contributed by atoms with Gasteiger partial charge < -0.3 is 15.3 Å². The van der Waals surface area contributed by atoms with Gasteiger partial charge in [-0.05, 0) is 37.5 Å². The molecular formula is C13H18O4. The van der Waals surface area contributed by atoms with Gasteiger partial charge in [-0.2, -0.15) is 0 Å². The molecule has 0 heterocycles. The molecule has 2 unspecified atom stereocenters. The van der Waals surface area contributed by atoms with Crippen LogP contribution in [0.15, 0.2) is 18.2 Å². The van der Waals surface area contributed by atoms with E-state index >= 15 is 0 Å². The summed E-state index contributed by atoms with van der Waals surface area (Å²) >= 11 is 0. The van der Waals surface area contributed by atoms with Crippen molar-refractivity contribution in [2.24, 2.45) is 0 Å². The highest BCUT2D eigenvalue weighted by Gasteiger charge is 2.20. The second-order valence-electron chi connectivity index (χ2n) is 4.15. The number of hydrogen-bond acceptors (Lipinski definition) is 4. The number of rotatable bonds is 5. The maximum atomic E-state index is 11.2. The maximum Gasteiger partial charge on any atom is 0.159 e. The number of ketones is 1. The predicted molar refractivity (Wildman–Crippen MR) is 63.9 cm³/mol. The third-order valence-corrected chi connectivity index (χ3v) is 2.79. The minimum atomic E-state index is -1.08. The Hall–Kier alpha value is -1.23. The van der Waals surface area contributed by atoms with Gasteiger partial charge in [0.15, 0.2) is 5.78 Å². The molecule has 0 spiro atoms. The number of carbonyl (C=O) groups is 1. The van der Waals surface area contributed by atoms with Gasteiger partial charge in [0.05, 0.1) is 6.10 Å². The molecule has 2 atom stereocenters. The van der Waals surface area contributed by atoms with E-state index in [9.17, 15) is 15.0 Å². The first-order valence-electron chi connectivity index (χ1n) is 5.56. The number of benzene rings is 1. The molecule has 1 rings (SSSR count). The fraction of sp³-hybridized carbons (Fsp3) is 0.462. The fourth-order valence-corrected chi connectivity index (χ4v) is 1.68. The lowest BCUT2D eigenvalue weighted by atomic mass is 9.95. The summed E-state index contributed by atoms with van der Waals surface area (Å²) < 4.78 is 0. The molecule has 17 heavy (non-hydrogen) atoms. The molecule has 4 heteroatoms. The number of hydrogen-bond donors (Lipinski definition) is 3. The summed E-state index contributed by atoms with van der Waals surface area (Å²) in [7, 11) is 0. The summed E-state index contributed by atoms with van der Waals surface area (Å²) in [5.41, 5.74) is 1.83. The largest absolute Gasteiger partial charge is 0.396 e. The minimum absolute atomic E-state index is 0.0879. The SMILES string of the molecule is CC(=O)c1ccc(C)c(C(O)C(O)CCO)c1. The van der Waals surface area contributed by atoms with E-state index in [4.69, 9.17) is 5.11 Å². The van der Waals surface area contributed by atoms with E-state index in [1.165, 1.54) is 6.92 Å². The van der Waals surface area contributed by atoms with Crippen LogP contribution in [0.3, 0.4) is 0 Å². The van der Waals surface area contributed by atoms with E-state index in [1.54, 1.807) is 25.1 Å². The molecule has 0 amide bonds. The molecule has 0 aliphatic rings. The second-order valence-corrected chi connectivity index (χ2v) is 4.15.